The lowest BCUT2D eigenvalue weighted by molar-refractivity contribution is -0.113. The fourth-order valence-electron chi connectivity index (χ4n) is 6.21. The van der Waals surface area contributed by atoms with Crippen LogP contribution in [-0.2, 0) is 26.3 Å². The summed E-state index contributed by atoms with van der Waals surface area (Å²) < 4.78 is 37.8. The number of amides is 1. The van der Waals surface area contributed by atoms with Gasteiger partial charge < -0.3 is 14.9 Å². The van der Waals surface area contributed by atoms with E-state index < -0.39 is 15.9 Å². The number of anilines is 1. The van der Waals surface area contributed by atoms with Gasteiger partial charge in [-0.1, -0.05) is 30.5 Å². The molecule has 240 valence electrons. The molecule has 0 radical (unpaired) electrons. The lowest BCUT2D eigenvalue weighted by Gasteiger charge is -2.28. The summed E-state index contributed by atoms with van der Waals surface area (Å²) in [6, 6.07) is 8.36. The molecule has 1 saturated carbocycles. The maximum absolute atomic E-state index is 13.6. The van der Waals surface area contributed by atoms with Crippen LogP contribution in [0.4, 0.5) is 5.82 Å². The molecule has 13 nitrogen and oxygen atoms in total. The van der Waals surface area contributed by atoms with Crippen molar-refractivity contribution in [3.05, 3.63) is 88.5 Å². The van der Waals surface area contributed by atoms with Crippen molar-refractivity contribution in [2.75, 3.05) is 18.9 Å². The van der Waals surface area contributed by atoms with E-state index in [0.29, 0.717) is 23.8 Å². The van der Waals surface area contributed by atoms with Gasteiger partial charge in [0.15, 0.2) is 22.4 Å². The summed E-state index contributed by atoms with van der Waals surface area (Å²) in [6.07, 6.45) is 13.0. The number of ether oxygens (including phenoxy) is 1. The average molecular weight is 690 g/mol. The minimum absolute atomic E-state index is 0.0179. The van der Waals surface area contributed by atoms with Crippen molar-refractivity contribution in [1.82, 2.24) is 33.6 Å². The van der Waals surface area contributed by atoms with Crippen LogP contribution in [-0.4, -0.2) is 61.5 Å². The molecule has 7 rings (SSSR count). The molecule has 0 bridgehead atoms. The van der Waals surface area contributed by atoms with Crippen molar-refractivity contribution in [3.8, 4) is 11.3 Å². The molecule has 5 aromatic heterocycles. The van der Waals surface area contributed by atoms with Gasteiger partial charge in [0.2, 0.25) is 6.54 Å². The molecular weight excluding hydrogens is 662 g/mol. The predicted molar refractivity (Wildman–Crippen MR) is 176 cm³/mol. The Balaban J connectivity index is 1.22. The molecule has 16 heteroatoms. The first-order valence-corrected chi connectivity index (χ1v) is 17.5. The van der Waals surface area contributed by atoms with Gasteiger partial charge in [-0.05, 0) is 43.0 Å². The molecule has 0 unspecified atom stereocenters. The van der Waals surface area contributed by atoms with Crippen LogP contribution in [0.3, 0.4) is 0 Å². The second-order valence-corrected chi connectivity index (χ2v) is 15.1. The number of hydrogen-bond donors (Lipinski definition) is 1. The topological polar surface area (TPSA) is 141 Å². The number of thiophene rings is 1. The fraction of sp³-hybridized carbons (Fsp3) is 0.290. The molecule has 5 aromatic rings. The van der Waals surface area contributed by atoms with Gasteiger partial charge in [0, 0.05) is 36.6 Å². The number of fused-ring (bicyclic) bond motifs is 2. The largest absolute Gasteiger partial charge is 0.470 e. The summed E-state index contributed by atoms with van der Waals surface area (Å²) in [5.41, 5.74) is 2.03. The number of hydrogen-bond acceptors (Lipinski definition) is 9. The summed E-state index contributed by atoms with van der Waals surface area (Å²) in [6.45, 7) is 7.75. The Morgan fingerprint density at radius 1 is 1.23 bits per heavy atom. The highest BCUT2D eigenvalue weighted by Gasteiger charge is 2.41. The number of sulfonamides is 1. The molecule has 1 atom stereocenters. The third-order valence-corrected chi connectivity index (χ3v) is 12.0. The quantitative estimate of drug-likeness (QED) is 0.195. The van der Waals surface area contributed by atoms with E-state index in [1.807, 2.05) is 16.9 Å². The number of halogens is 1. The van der Waals surface area contributed by atoms with Crippen molar-refractivity contribution >= 4 is 61.5 Å². The molecule has 47 heavy (non-hydrogen) atoms. The van der Waals surface area contributed by atoms with E-state index in [2.05, 4.69) is 30.2 Å². The molecule has 2 aliphatic rings. The van der Waals surface area contributed by atoms with E-state index in [9.17, 15) is 13.2 Å². The second-order valence-electron chi connectivity index (χ2n) is 11.3. The normalized spacial score (nSPS) is 16.7. The van der Waals surface area contributed by atoms with Crippen LogP contribution in [0.15, 0.2) is 71.4 Å². The van der Waals surface area contributed by atoms with E-state index in [0.717, 1.165) is 39.4 Å². The number of carbonyl (C=O) groups excluding carboxylic acids is 1. The summed E-state index contributed by atoms with van der Waals surface area (Å²) in [5, 5.41) is 8.04. The lowest BCUT2D eigenvalue weighted by atomic mass is 9.98. The zero-order chi connectivity index (χ0) is 32.7. The molecule has 1 amide bonds. The van der Waals surface area contributed by atoms with Gasteiger partial charge in [-0.3, -0.25) is 18.3 Å². The number of likely N-dealkylation sites (N-methyl/N-ethyl adjacent to an activating group) is 1. The fourth-order valence-corrected chi connectivity index (χ4v) is 9.42. The zero-order valence-electron chi connectivity index (χ0n) is 25.1. The second kappa shape index (κ2) is 12.4. The molecule has 1 aliphatic heterocycles. The Morgan fingerprint density at radius 2 is 2.06 bits per heavy atom. The lowest BCUT2D eigenvalue weighted by Crippen LogP contribution is -2.37. The monoisotopic (exact) mass is 689 g/mol. The number of carbonyl (C=O) groups is 1. The van der Waals surface area contributed by atoms with Gasteiger partial charge in [-0.25, -0.2) is 29.9 Å². The van der Waals surface area contributed by atoms with Crippen LogP contribution in [0.25, 0.3) is 32.9 Å². The molecular formula is C31H28ClN9O4S2. The maximum Gasteiger partial charge on any atom is 0.278 e. The van der Waals surface area contributed by atoms with Crippen molar-refractivity contribution in [3.63, 3.8) is 0 Å². The third-order valence-electron chi connectivity index (χ3n) is 8.50. The number of nitrogens with zero attached hydrogens (tertiary/aromatic N) is 8. The predicted octanol–water partition coefficient (Wildman–Crippen LogP) is 5.67. The summed E-state index contributed by atoms with van der Waals surface area (Å²) in [5.74, 6) is 0.00464. The Kier molecular flexibility index (Phi) is 8.16. The van der Waals surface area contributed by atoms with Gasteiger partial charge in [-0.2, -0.15) is 5.10 Å². The average Bonchev–Trinajstić information content (AvgIpc) is 3.89. The van der Waals surface area contributed by atoms with Crippen molar-refractivity contribution in [2.24, 2.45) is 5.92 Å². The first-order valence-electron chi connectivity index (χ1n) is 14.8. The highest BCUT2D eigenvalue weighted by Crippen LogP contribution is 2.43. The highest BCUT2D eigenvalue weighted by atomic mass is 35.5. The van der Waals surface area contributed by atoms with E-state index in [1.54, 1.807) is 35.2 Å². The Bertz CT molecular complexity index is 2160. The van der Waals surface area contributed by atoms with Crippen LogP contribution in [0.1, 0.15) is 37.3 Å². The SMILES string of the molecule is [C-]#[N+]C[C@H](C1CCCC1)n1cc(-c2ncnc3c2ccn3COC2=C(C(=O)Nc3ccccn3)N(C)S(=O)(=O)c3sc(Cl)cc32)cn1. The Hall–Kier alpha value is -4.78. The summed E-state index contributed by atoms with van der Waals surface area (Å²) >= 11 is 7.17. The molecule has 1 aliphatic carbocycles. The molecule has 6 heterocycles. The minimum atomic E-state index is -4.08. The van der Waals surface area contributed by atoms with E-state index >= 15 is 0 Å². The number of rotatable bonds is 9. The summed E-state index contributed by atoms with van der Waals surface area (Å²) in [7, 11) is -2.78. The van der Waals surface area contributed by atoms with Gasteiger partial charge in [-0.15, -0.1) is 11.3 Å². The van der Waals surface area contributed by atoms with E-state index in [-0.39, 0.29) is 44.2 Å². The number of aromatic nitrogens is 6. The maximum atomic E-state index is 13.6. The van der Waals surface area contributed by atoms with Crippen LogP contribution >= 0.6 is 22.9 Å². The van der Waals surface area contributed by atoms with Crippen molar-refractivity contribution in [2.45, 2.75) is 42.7 Å². The van der Waals surface area contributed by atoms with E-state index in [1.165, 1.54) is 38.5 Å². The van der Waals surface area contributed by atoms with Gasteiger partial charge in [0.1, 0.15) is 23.8 Å². The first-order chi connectivity index (χ1) is 22.8. The van der Waals surface area contributed by atoms with Crippen LogP contribution in [0.5, 0.6) is 0 Å². The van der Waals surface area contributed by atoms with Gasteiger partial charge in [0.05, 0.1) is 21.8 Å². The van der Waals surface area contributed by atoms with Crippen LogP contribution in [0, 0.1) is 12.5 Å². The van der Waals surface area contributed by atoms with Crippen molar-refractivity contribution in [1.29, 1.82) is 0 Å². The van der Waals surface area contributed by atoms with Gasteiger partial charge >= 0.3 is 0 Å². The molecule has 1 fully saturated rings. The van der Waals surface area contributed by atoms with Crippen LogP contribution < -0.4 is 5.32 Å². The Morgan fingerprint density at radius 3 is 2.83 bits per heavy atom. The van der Waals surface area contributed by atoms with E-state index in [4.69, 9.17) is 22.9 Å². The van der Waals surface area contributed by atoms with Crippen molar-refractivity contribution < 1.29 is 17.9 Å². The minimum Gasteiger partial charge on any atom is -0.470 e. The zero-order valence-corrected chi connectivity index (χ0v) is 27.5. The molecule has 0 aromatic carbocycles. The summed E-state index contributed by atoms with van der Waals surface area (Å²) in [4.78, 5) is 30.4. The molecule has 1 N–H and O–H groups in total. The number of pyridine rings is 1. The first kappa shape index (κ1) is 30.9. The smallest absolute Gasteiger partial charge is 0.278 e. The molecule has 0 spiro atoms. The van der Waals surface area contributed by atoms with Gasteiger partial charge in [0.25, 0.3) is 15.9 Å². The molecule has 0 saturated heterocycles. The highest BCUT2D eigenvalue weighted by molar-refractivity contribution is 7.91. The van der Waals surface area contributed by atoms with Crippen LogP contribution in [0.2, 0.25) is 4.34 Å². The Labute approximate surface area is 279 Å². The third kappa shape index (κ3) is 5.62. The standard InChI is InChI=1S/C31H28ClN9O4S2/c1-33-15-23(19-7-3-4-8-19)41-16-20(14-37-41)26-21-10-12-40(29(21)36-17-35-26)18-45-28-22-13-24(32)46-31(22)47(43,44)39(2)27(28)30(42)38-25-9-5-6-11-34-25/h5-6,9-14,16-17,19,23H,3-4,7-8,15,18H2,2H3,(H,34,38,42)/t23-/m1/s1. The number of nitrogens with one attached hydrogen (secondary N) is 1.